The van der Waals surface area contributed by atoms with Gasteiger partial charge in [0, 0.05) is 25.2 Å². The van der Waals surface area contributed by atoms with E-state index < -0.39 is 23.0 Å². The minimum Gasteiger partial charge on any atom is -0.453 e. The van der Waals surface area contributed by atoms with Crippen molar-refractivity contribution in [2.75, 3.05) is 37.5 Å². The number of benzene rings is 3. The summed E-state index contributed by atoms with van der Waals surface area (Å²) >= 11 is 0. The summed E-state index contributed by atoms with van der Waals surface area (Å²) in [5.74, 6) is -1.22. The van der Waals surface area contributed by atoms with Crippen molar-refractivity contribution in [3.8, 4) is 23.0 Å². The number of carbonyl (C=O) groups is 2. The summed E-state index contributed by atoms with van der Waals surface area (Å²) in [6.45, 7) is -0.524. The van der Waals surface area contributed by atoms with Crippen molar-refractivity contribution in [1.82, 2.24) is 0 Å². The molecule has 7 rings (SSSR count). The average molecular weight is 488 g/mol. The molecule has 0 spiro atoms. The third-order valence-electron chi connectivity index (χ3n) is 7.40. The molecular formula is C26H20N2O8. The molecule has 0 bridgehead atoms. The van der Waals surface area contributed by atoms with Crippen molar-refractivity contribution < 1.29 is 38.7 Å². The first-order valence-corrected chi connectivity index (χ1v) is 11.3. The van der Waals surface area contributed by atoms with Crippen molar-refractivity contribution in [2.24, 2.45) is 0 Å². The van der Waals surface area contributed by atoms with Crippen LogP contribution in [0.5, 0.6) is 23.0 Å². The molecule has 0 aliphatic carbocycles. The molecule has 0 saturated carbocycles. The normalized spacial score (nSPS) is 25.0. The zero-order valence-electron chi connectivity index (χ0n) is 19.3. The Morgan fingerprint density at radius 1 is 0.639 bits per heavy atom. The number of anilines is 2. The van der Waals surface area contributed by atoms with Gasteiger partial charge in [0.25, 0.3) is 11.8 Å². The highest BCUT2D eigenvalue weighted by Gasteiger charge is 2.60. The van der Waals surface area contributed by atoms with Gasteiger partial charge in [-0.15, -0.1) is 0 Å². The average Bonchev–Trinajstić information content (AvgIpc) is 3.65. The molecule has 0 unspecified atom stereocenters. The highest BCUT2D eigenvalue weighted by Crippen LogP contribution is 2.63. The second kappa shape index (κ2) is 6.68. The predicted octanol–water partition coefficient (Wildman–Crippen LogP) is 1.57. The van der Waals surface area contributed by atoms with Crippen LogP contribution in [0.15, 0.2) is 48.5 Å². The summed E-state index contributed by atoms with van der Waals surface area (Å²) in [6.07, 6.45) is 0. The third kappa shape index (κ3) is 2.19. The molecule has 4 heterocycles. The van der Waals surface area contributed by atoms with Gasteiger partial charge in [-0.2, -0.15) is 0 Å². The quantitative estimate of drug-likeness (QED) is 0.558. The van der Waals surface area contributed by atoms with Gasteiger partial charge in [-0.25, -0.2) is 0 Å². The highest BCUT2D eigenvalue weighted by atomic mass is 16.7. The maximum atomic E-state index is 13.5. The summed E-state index contributed by atoms with van der Waals surface area (Å²) < 4.78 is 23.2. The zero-order chi connectivity index (χ0) is 25.0. The first-order chi connectivity index (χ1) is 17.3. The van der Waals surface area contributed by atoms with E-state index in [0.29, 0.717) is 22.5 Å². The van der Waals surface area contributed by atoms with Crippen LogP contribution in [-0.2, 0) is 20.8 Å². The summed E-state index contributed by atoms with van der Waals surface area (Å²) in [6, 6.07) is 13.7. The second-order valence-corrected chi connectivity index (χ2v) is 9.06. The van der Waals surface area contributed by atoms with Gasteiger partial charge in [-0.3, -0.25) is 9.59 Å². The number of nitrogens with zero attached hydrogens (tertiary/aromatic N) is 2. The van der Waals surface area contributed by atoms with Gasteiger partial charge in [0.15, 0.2) is 23.0 Å². The molecule has 3 aromatic rings. The third-order valence-corrected chi connectivity index (χ3v) is 7.40. The number of rotatable bonds is 2. The lowest BCUT2D eigenvalue weighted by Crippen LogP contribution is -2.41. The van der Waals surface area contributed by atoms with Crippen LogP contribution in [0, 0.1) is 0 Å². The van der Waals surface area contributed by atoms with E-state index in [1.54, 1.807) is 62.6 Å². The van der Waals surface area contributed by atoms with Gasteiger partial charge in [0.05, 0.1) is 22.5 Å². The molecule has 2 N–H and O–H groups in total. The molecule has 0 aromatic heterocycles. The Kier molecular flexibility index (Phi) is 3.91. The summed E-state index contributed by atoms with van der Waals surface area (Å²) in [5, 5.41) is 24.1. The van der Waals surface area contributed by atoms with Crippen molar-refractivity contribution in [2.45, 2.75) is 11.2 Å². The number of carbonyl (C=O) groups excluding carboxylic acids is 2. The number of likely N-dealkylation sites (N-methyl/N-ethyl adjacent to an activating group) is 2. The lowest BCUT2D eigenvalue weighted by atomic mass is 9.80. The molecule has 4 aliphatic rings. The van der Waals surface area contributed by atoms with Crippen LogP contribution in [0.4, 0.5) is 11.4 Å². The number of amides is 2. The summed E-state index contributed by atoms with van der Waals surface area (Å²) in [7, 11) is 3.13. The first kappa shape index (κ1) is 21.0. The number of ether oxygens (including phenoxy) is 4. The monoisotopic (exact) mass is 488 g/mol. The largest absolute Gasteiger partial charge is 0.453 e. The van der Waals surface area contributed by atoms with Crippen LogP contribution >= 0.6 is 0 Å². The zero-order valence-corrected chi connectivity index (χ0v) is 19.3. The number of fused-ring (bicyclic) bond motifs is 4. The van der Waals surface area contributed by atoms with Gasteiger partial charge in [-0.1, -0.05) is 36.4 Å². The van der Waals surface area contributed by atoms with Crippen molar-refractivity contribution >= 4 is 23.2 Å². The fourth-order valence-electron chi connectivity index (χ4n) is 5.73. The Labute approximate surface area is 204 Å². The summed E-state index contributed by atoms with van der Waals surface area (Å²) in [5.41, 5.74) is -2.65. The molecule has 2 amide bonds. The van der Waals surface area contributed by atoms with Gasteiger partial charge < -0.3 is 39.0 Å². The standard InChI is InChI=1S/C26H20N2O8/c1-27-15-9-5-3-7-13(15)25(31,23(27)29)17-19-21(35-11-33-19)18(22-20(17)34-12-36-22)26(32)14-8-4-6-10-16(14)28(2)24(26)30/h3-10,31-32H,11-12H2,1-2H3/t25-,26+. The van der Waals surface area contributed by atoms with Gasteiger partial charge in [0.1, 0.15) is 0 Å². The van der Waals surface area contributed by atoms with E-state index in [-0.39, 0.29) is 47.7 Å². The smallest absolute Gasteiger partial charge is 0.268 e. The first-order valence-electron chi connectivity index (χ1n) is 11.3. The molecule has 10 nitrogen and oxygen atoms in total. The van der Waals surface area contributed by atoms with E-state index in [1.165, 1.54) is 9.80 Å². The molecule has 182 valence electrons. The van der Waals surface area contributed by atoms with Crippen molar-refractivity contribution in [3.63, 3.8) is 0 Å². The van der Waals surface area contributed by atoms with Crippen LogP contribution in [0.2, 0.25) is 0 Å². The van der Waals surface area contributed by atoms with E-state index in [9.17, 15) is 19.8 Å². The molecular weight excluding hydrogens is 468 g/mol. The number of para-hydroxylation sites is 2. The molecule has 3 aromatic carbocycles. The lowest BCUT2D eigenvalue weighted by Gasteiger charge is -2.29. The van der Waals surface area contributed by atoms with E-state index in [1.807, 2.05) is 0 Å². The van der Waals surface area contributed by atoms with E-state index in [0.717, 1.165) is 0 Å². The molecule has 36 heavy (non-hydrogen) atoms. The second-order valence-electron chi connectivity index (χ2n) is 9.06. The molecule has 2 atom stereocenters. The van der Waals surface area contributed by atoms with Crippen LogP contribution in [0.1, 0.15) is 22.3 Å². The molecule has 0 saturated heterocycles. The number of hydrogen-bond acceptors (Lipinski definition) is 8. The maximum absolute atomic E-state index is 13.5. The number of aliphatic hydroxyl groups is 2. The predicted molar refractivity (Wildman–Crippen MR) is 124 cm³/mol. The fraction of sp³-hybridized carbons (Fsp3) is 0.231. The molecule has 10 heteroatoms. The minimum absolute atomic E-state index is 0.00321. The van der Waals surface area contributed by atoms with Crippen molar-refractivity contribution in [3.05, 3.63) is 70.8 Å². The minimum atomic E-state index is -2.18. The maximum Gasteiger partial charge on any atom is 0.268 e. The number of hydrogen-bond donors (Lipinski definition) is 2. The van der Waals surface area contributed by atoms with Gasteiger partial charge in [0.2, 0.25) is 24.8 Å². The highest BCUT2D eigenvalue weighted by molar-refractivity contribution is 6.12. The van der Waals surface area contributed by atoms with Crippen LogP contribution < -0.4 is 28.7 Å². The fourth-order valence-corrected chi connectivity index (χ4v) is 5.73. The van der Waals surface area contributed by atoms with E-state index >= 15 is 0 Å². The van der Waals surface area contributed by atoms with Gasteiger partial charge >= 0.3 is 0 Å². The Balaban J connectivity index is 1.56. The Morgan fingerprint density at radius 3 is 1.33 bits per heavy atom. The molecule has 0 radical (unpaired) electrons. The topological polar surface area (TPSA) is 118 Å². The van der Waals surface area contributed by atoms with Crippen LogP contribution in [0.3, 0.4) is 0 Å². The molecule has 0 fully saturated rings. The Hall–Kier alpha value is -4.28. The van der Waals surface area contributed by atoms with Crippen LogP contribution in [0.25, 0.3) is 0 Å². The van der Waals surface area contributed by atoms with E-state index in [4.69, 9.17) is 18.9 Å². The van der Waals surface area contributed by atoms with E-state index in [2.05, 4.69) is 0 Å². The molecule has 4 aliphatic heterocycles. The Morgan fingerprint density at radius 2 is 0.972 bits per heavy atom. The van der Waals surface area contributed by atoms with Crippen molar-refractivity contribution in [1.29, 1.82) is 0 Å². The summed E-state index contributed by atoms with van der Waals surface area (Å²) in [4.78, 5) is 29.7. The SMILES string of the molecule is CN1C(=O)[C@](O)(c2c3c(c([C@]4(O)C(=O)N(C)c5ccccc54)c4c2OCO4)OCO3)c2ccccc21. The lowest BCUT2D eigenvalue weighted by molar-refractivity contribution is -0.132. The Bertz CT molecular complexity index is 1370. The van der Waals surface area contributed by atoms with Gasteiger partial charge in [-0.05, 0) is 12.1 Å². The van der Waals surface area contributed by atoms with Crippen LogP contribution in [-0.4, -0.2) is 49.7 Å².